The smallest absolute Gasteiger partial charge is 0.163 e. The Bertz CT molecular complexity index is 615. The molecule has 0 radical (unpaired) electrons. The molecule has 2 aromatic rings. The van der Waals surface area contributed by atoms with Crippen molar-refractivity contribution in [3.63, 3.8) is 0 Å². The minimum absolute atomic E-state index is 0.00540. The molecular formula is C15H19FN4O. The van der Waals surface area contributed by atoms with Crippen LogP contribution in [0.15, 0.2) is 30.6 Å². The van der Waals surface area contributed by atoms with Crippen molar-refractivity contribution in [1.29, 1.82) is 0 Å². The van der Waals surface area contributed by atoms with Gasteiger partial charge in [0.15, 0.2) is 5.82 Å². The Balaban J connectivity index is 1.77. The van der Waals surface area contributed by atoms with E-state index in [1.807, 2.05) is 30.7 Å². The quantitative estimate of drug-likeness (QED) is 0.868. The van der Waals surface area contributed by atoms with Gasteiger partial charge in [-0.2, -0.15) is 0 Å². The van der Waals surface area contributed by atoms with Crippen LogP contribution in [0.3, 0.4) is 0 Å². The number of aryl methyl sites for hydroxylation is 1. The first-order valence-corrected chi connectivity index (χ1v) is 7.11. The normalized spacial score (nSPS) is 21.4. The van der Waals surface area contributed by atoms with Crippen LogP contribution < -0.4 is 0 Å². The fraction of sp³-hybridized carbons (Fsp3) is 0.467. The van der Waals surface area contributed by atoms with Gasteiger partial charge >= 0.3 is 0 Å². The number of ether oxygens (including phenoxy) is 1. The summed E-state index contributed by atoms with van der Waals surface area (Å²) in [6.07, 6.45) is 1.54. The highest BCUT2D eigenvalue weighted by molar-refractivity contribution is 5.21. The highest BCUT2D eigenvalue weighted by Gasteiger charge is 2.29. The summed E-state index contributed by atoms with van der Waals surface area (Å²) in [5, 5.41) is 8.00. The zero-order valence-electron chi connectivity index (χ0n) is 12.2. The lowest BCUT2D eigenvalue weighted by atomic mass is 10.0. The molecule has 2 heterocycles. The minimum atomic E-state index is -0.160. The lowest BCUT2D eigenvalue weighted by Crippen LogP contribution is -2.40. The van der Waals surface area contributed by atoms with Gasteiger partial charge in [0, 0.05) is 31.7 Å². The molecule has 0 saturated carbocycles. The van der Waals surface area contributed by atoms with Crippen LogP contribution >= 0.6 is 0 Å². The van der Waals surface area contributed by atoms with Crippen LogP contribution in [0, 0.1) is 5.82 Å². The van der Waals surface area contributed by atoms with Gasteiger partial charge in [-0.25, -0.2) is 4.39 Å². The average molecular weight is 290 g/mol. The van der Waals surface area contributed by atoms with Crippen molar-refractivity contribution in [2.24, 2.45) is 7.05 Å². The Morgan fingerprint density at radius 2 is 2.19 bits per heavy atom. The second-order valence-electron chi connectivity index (χ2n) is 5.35. The standard InChI is InChI=1S/C15H19FN4O/c1-11(12-5-3-4-6-13(12)16)20-7-8-21-14(9-20)15-18-17-10-19(15)2/h3-6,10-11,14H,7-9H2,1-2H3/t11-,14+/m1/s1. The molecule has 0 spiro atoms. The van der Waals surface area contributed by atoms with Gasteiger partial charge in [-0.1, -0.05) is 18.2 Å². The molecule has 3 rings (SSSR count). The SMILES string of the molecule is C[C@H](c1ccccc1F)N1CCO[C@H](c2nncn2C)C1. The van der Waals surface area contributed by atoms with Crippen molar-refractivity contribution in [3.8, 4) is 0 Å². The minimum Gasteiger partial charge on any atom is -0.368 e. The summed E-state index contributed by atoms with van der Waals surface area (Å²) < 4.78 is 21.6. The lowest BCUT2D eigenvalue weighted by molar-refractivity contribution is -0.0487. The predicted molar refractivity (Wildman–Crippen MR) is 76.1 cm³/mol. The summed E-state index contributed by atoms with van der Waals surface area (Å²) in [6.45, 7) is 4.10. The molecule has 21 heavy (non-hydrogen) atoms. The molecule has 0 aliphatic carbocycles. The van der Waals surface area contributed by atoms with E-state index in [1.54, 1.807) is 12.4 Å². The second-order valence-corrected chi connectivity index (χ2v) is 5.35. The van der Waals surface area contributed by atoms with E-state index in [0.717, 1.165) is 17.9 Å². The molecule has 1 aromatic heterocycles. The number of rotatable bonds is 3. The van der Waals surface area contributed by atoms with E-state index >= 15 is 0 Å². The number of nitrogens with zero attached hydrogens (tertiary/aromatic N) is 4. The Morgan fingerprint density at radius 3 is 2.90 bits per heavy atom. The summed E-state index contributed by atoms with van der Waals surface area (Å²) >= 11 is 0. The van der Waals surface area contributed by atoms with Crippen LogP contribution in [-0.2, 0) is 11.8 Å². The van der Waals surface area contributed by atoms with Gasteiger partial charge in [0.05, 0.1) is 6.61 Å². The molecule has 0 amide bonds. The molecule has 0 unspecified atom stereocenters. The zero-order valence-corrected chi connectivity index (χ0v) is 12.2. The number of morpholine rings is 1. The first-order chi connectivity index (χ1) is 10.2. The molecule has 1 saturated heterocycles. The fourth-order valence-corrected chi connectivity index (χ4v) is 2.77. The van der Waals surface area contributed by atoms with Gasteiger partial charge in [0.2, 0.25) is 0 Å². The van der Waals surface area contributed by atoms with E-state index in [2.05, 4.69) is 15.1 Å². The summed E-state index contributed by atoms with van der Waals surface area (Å²) in [5.41, 5.74) is 0.719. The number of hydrogen-bond donors (Lipinski definition) is 0. The van der Waals surface area contributed by atoms with Gasteiger partial charge in [-0.05, 0) is 13.0 Å². The maximum atomic E-state index is 13.9. The van der Waals surface area contributed by atoms with Crippen LogP contribution in [0.4, 0.5) is 4.39 Å². The first-order valence-electron chi connectivity index (χ1n) is 7.11. The van der Waals surface area contributed by atoms with Crippen LogP contribution in [0.2, 0.25) is 0 Å². The van der Waals surface area contributed by atoms with E-state index in [4.69, 9.17) is 4.74 Å². The molecule has 112 valence electrons. The molecule has 0 bridgehead atoms. The summed E-state index contributed by atoms with van der Waals surface area (Å²) in [4.78, 5) is 2.22. The average Bonchev–Trinajstić information content (AvgIpc) is 2.93. The lowest BCUT2D eigenvalue weighted by Gasteiger charge is -2.36. The Hall–Kier alpha value is -1.79. The molecule has 0 N–H and O–H groups in total. The molecule has 5 nitrogen and oxygen atoms in total. The number of aromatic nitrogens is 3. The zero-order chi connectivity index (χ0) is 14.8. The Morgan fingerprint density at radius 1 is 1.38 bits per heavy atom. The van der Waals surface area contributed by atoms with E-state index < -0.39 is 0 Å². The van der Waals surface area contributed by atoms with Crippen molar-refractivity contribution < 1.29 is 9.13 Å². The first kappa shape index (κ1) is 14.2. The van der Waals surface area contributed by atoms with Crippen molar-refractivity contribution in [2.45, 2.75) is 19.1 Å². The molecule has 6 heteroatoms. The summed E-state index contributed by atoms with van der Waals surface area (Å²) in [7, 11) is 1.90. The Labute approximate surface area is 123 Å². The third-order valence-corrected chi connectivity index (χ3v) is 4.04. The molecular weight excluding hydrogens is 271 g/mol. The topological polar surface area (TPSA) is 43.2 Å². The van der Waals surface area contributed by atoms with Crippen LogP contribution in [0.1, 0.15) is 30.5 Å². The molecule has 1 aliphatic rings. The second kappa shape index (κ2) is 5.91. The molecule has 1 fully saturated rings. The van der Waals surface area contributed by atoms with E-state index in [1.165, 1.54) is 6.07 Å². The van der Waals surface area contributed by atoms with Crippen molar-refractivity contribution >= 4 is 0 Å². The van der Waals surface area contributed by atoms with Crippen LogP contribution in [0.5, 0.6) is 0 Å². The number of halogens is 1. The third kappa shape index (κ3) is 2.82. The predicted octanol–water partition coefficient (Wildman–Crippen LogP) is 2.09. The van der Waals surface area contributed by atoms with Gasteiger partial charge in [-0.15, -0.1) is 10.2 Å². The van der Waals surface area contributed by atoms with Crippen molar-refractivity contribution in [1.82, 2.24) is 19.7 Å². The van der Waals surface area contributed by atoms with Crippen LogP contribution in [-0.4, -0.2) is 39.4 Å². The highest BCUT2D eigenvalue weighted by atomic mass is 19.1. The van der Waals surface area contributed by atoms with Gasteiger partial charge in [0.25, 0.3) is 0 Å². The number of benzene rings is 1. The summed E-state index contributed by atoms with van der Waals surface area (Å²) in [6, 6.07) is 6.94. The van der Waals surface area contributed by atoms with E-state index in [0.29, 0.717) is 13.2 Å². The van der Waals surface area contributed by atoms with Gasteiger partial charge in [0.1, 0.15) is 18.2 Å². The maximum Gasteiger partial charge on any atom is 0.163 e. The molecule has 1 aromatic carbocycles. The van der Waals surface area contributed by atoms with E-state index in [9.17, 15) is 4.39 Å². The molecule has 1 aliphatic heterocycles. The van der Waals surface area contributed by atoms with Crippen molar-refractivity contribution in [3.05, 3.63) is 47.8 Å². The molecule has 2 atom stereocenters. The Kier molecular flexibility index (Phi) is 3.98. The van der Waals surface area contributed by atoms with E-state index in [-0.39, 0.29) is 18.0 Å². The number of hydrogen-bond acceptors (Lipinski definition) is 4. The van der Waals surface area contributed by atoms with Crippen molar-refractivity contribution in [2.75, 3.05) is 19.7 Å². The highest BCUT2D eigenvalue weighted by Crippen LogP contribution is 2.28. The van der Waals surface area contributed by atoms with Gasteiger partial charge in [-0.3, -0.25) is 4.90 Å². The fourth-order valence-electron chi connectivity index (χ4n) is 2.77. The van der Waals surface area contributed by atoms with Gasteiger partial charge < -0.3 is 9.30 Å². The monoisotopic (exact) mass is 290 g/mol. The maximum absolute atomic E-state index is 13.9. The summed E-state index contributed by atoms with van der Waals surface area (Å²) in [5.74, 6) is 0.645. The van der Waals surface area contributed by atoms with Crippen LogP contribution in [0.25, 0.3) is 0 Å². The largest absolute Gasteiger partial charge is 0.368 e. The third-order valence-electron chi connectivity index (χ3n) is 4.04.